The fourth-order valence-electron chi connectivity index (χ4n) is 2.16. The second kappa shape index (κ2) is 5.50. The molecule has 19 heavy (non-hydrogen) atoms. The fraction of sp³-hybridized carbons (Fsp3) is 0.615. The van der Waals surface area contributed by atoms with E-state index in [0.29, 0.717) is 31.9 Å². The van der Waals surface area contributed by atoms with Crippen LogP contribution >= 0.6 is 0 Å². The molecule has 0 radical (unpaired) electrons. The number of aryl methyl sites for hydroxylation is 1. The first-order chi connectivity index (χ1) is 8.98. The molecule has 104 valence electrons. The molecule has 0 atom stereocenters. The first kappa shape index (κ1) is 13.7. The van der Waals surface area contributed by atoms with Crippen LogP contribution in [0, 0.1) is 6.92 Å². The van der Waals surface area contributed by atoms with Crippen molar-refractivity contribution in [3.63, 3.8) is 0 Å². The first-order valence-electron chi connectivity index (χ1n) is 6.46. The molecule has 1 fully saturated rings. The van der Waals surface area contributed by atoms with Crippen LogP contribution in [0.3, 0.4) is 0 Å². The van der Waals surface area contributed by atoms with Gasteiger partial charge in [-0.3, -0.25) is 4.79 Å². The van der Waals surface area contributed by atoms with Crippen molar-refractivity contribution in [1.29, 1.82) is 0 Å². The van der Waals surface area contributed by atoms with Crippen LogP contribution in [0.5, 0.6) is 0 Å². The minimum Gasteiger partial charge on any atom is -0.353 e. The Balaban J connectivity index is 1.93. The molecule has 0 aromatic carbocycles. The highest BCUT2D eigenvalue weighted by molar-refractivity contribution is 5.72. The van der Waals surface area contributed by atoms with E-state index in [1.54, 1.807) is 6.20 Å². The standard InChI is InChI=1S/C13H19FN4O/c1-10-3-6-15-12(17-10)18-7-4-13(14,5-8-18)9-16-11(2)19/h3,6H,4-5,7-9H2,1-2H3,(H,16,19). The Bertz CT molecular complexity index is 458. The van der Waals surface area contributed by atoms with Gasteiger partial charge in [0.1, 0.15) is 5.67 Å². The molecule has 0 saturated carbocycles. The van der Waals surface area contributed by atoms with Gasteiger partial charge in [-0.15, -0.1) is 0 Å². The van der Waals surface area contributed by atoms with E-state index < -0.39 is 5.67 Å². The van der Waals surface area contributed by atoms with Gasteiger partial charge in [0.15, 0.2) is 0 Å². The smallest absolute Gasteiger partial charge is 0.225 e. The summed E-state index contributed by atoms with van der Waals surface area (Å²) in [5, 5.41) is 2.56. The second-order valence-corrected chi connectivity index (χ2v) is 5.05. The highest BCUT2D eigenvalue weighted by Crippen LogP contribution is 2.27. The van der Waals surface area contributed by atoms with E-state index in [1.807, 2.05) is 17.9 Å². The van der Waals surface area contributed by atoms with Crippen LogP contribution in [-0.4, -0.2) is 41.2 Å². The number of carbonyl (C=O) groups excluding carboxylic acids is 1. The average Bonchev–Trinajstić information content (AvgIpc) is 2.37. The number of halogens is 1. The summed E-state index contributed by atoms with van der Waals surface area (Å²) in [7, 11) is 0. The highest BCUT2D eigenvalue weighted by Gasteiger charge is 2.35. The summed E-state index contributed by atoms with van der Waals surface area (Å²) in [6.45, 7) is 4.54. The summed E-state index contributed by atoms with van der Waals surface area (Å²) in [4.78, 5) is 21.4. The Labute approximate surface area is 112 Å². The molecule has 1 N–H and O–H groups in total. The van der Waals surface area contributed by atoms with Gasteiger partial charge >= 0.3 is 0 Å². The zero-order valence-electron chi connectivity index (χ0n) is 11.3. The number of nitrogens with one attached hydrogen (secondary N) is 1. The van der Waals surface area contributed by atoms with Crippen LogP contribution in [0.2, 0.25) is 0 Å². The average molecular weight is 266 g/mol. The first-order valence-corrected chi connectivity index (χ1v) is 6.46. The second-order valence-electron chi connectivity index (χ2n) is 5.05. The third kappa shape index (κ3) is 3.62. The molecule has 2 rings (SSSR count). The molecule has 0 aliphatic carbocycles. The highest BCUT2D eigenvalue weighted by atomic mass is 19.1. The lowest BCUT2D eigenvalue weighted by atomic mass is 9.93. The number of alkyl halides is 1. The number of piperidine rings is 1. The summed E-state index contributed by atoms with van der Waals surface area (Å²) in [6, 6.07) is 1.84. The van der Waals surface area contributed by atoms with Gasteiger partial charge in [-0.2, -0.15) is 0 Å². The van der Waals surface area contributed by atoms with E-state index >= 15 is 0 Å². The van der Waals surface area contributed by atoms with E-state index in [2.05, 4.69) is 15.3 Å². The van der Waals surface area contributed by atoms with E-state index in [-0.39, 0.29) is 12.5 Å². The maximum absolute atomic E-state index is 14.4. The summed E-state index contributed by atoms with van der Waals surface area (Å²) in [5.41, 5.74) is -0.410. The molecule has 1 saturated heterocycles. The molecule has 2 heterocycles. The van der Waals surface area contributed by atoms with Crippen molar-refractivity contribution in [2.24, 2.45) is 0 Å². The lowest BCUT2D eigenvalue weighted by Gasteiger charge is -2.36. The minimum atomic E-state index is -1.31. The lowest BCUT2D eigenvalue weighted by molar-refractivity contribution is -0.119. The minimum absolute atomic E-state index is 0.0881. The van der Waals surface area contributed by atoms with Gasteiger partial charge < -0.3 is 10.2 Å². The van der Waals surface area contributed by atoms with Gasteiger partial charge in [0.25, 0.3) is 0 Å². The van der Waals surface area contributed by atoms with Crippen LogP contribution < -0.4 is 10.2 Å². The number of hydrogen-bond acceptors (Lipinski definition) is 4. The Morgan fingerprint density at radius 3 is 2.79 bits per heavy atom. The van der Waals surface area contributed by atoms with Crippen molar-refractivity contribution in [2.45, 2.75) is 32.4 Å². The molecule has 0 unspecified atom stereocenters. The Hall–Kier alpha value is -1.72. The predicted octanol–water partition coefficient (Wildman–Crippen LogP) is 1.23. The number of amides is 1. The normalized spacial score (nSPS) is 18.2. The Morgan fingerprint density at radius 1 is 1.53 bits per heavy atom. The summed E-state index contributed by atoms with van der Waals surface area (Å²) < 4.78 is 14.4. The molecule has 1 aliphatic rings. The Kier molecular flexibility index (Phi) is 3.97. The number of nitrogens with zero attached hydrogens (tertiary/aromatic N) is 3. The van der Waals surface area contributed by atoms with Crippen molar-refractivity contribution >= 4 is 11.9 Å². The number of rotatable bonds is 3. The van der Waals surface area contributed by atoms with E-state index in [9.17, 15) is 9.18 Å². The van der Waals surface area contributed by atoms with Gasteiger partial charge in [-0.05, 0) is 13.0 Å². The van der Waals surface area contributed by atoms with E-state index in [0.717, 1.165) is 5.69 Å². The van der Waals surface area contributed by atoms with Crippen LogP contribution in [0.25, 0.3) is 0 Å². The number of carbonyl (C=O) groups is 1. The molecule has 1 aliphatic heterocycles. The molecular weight excluding hydrogens is 247 g/mol. The predicted molar refractivity (Wildman–Crippen MR) is 70.7 cm³/mol. The summed E-state index contributed by atoms with van der Waals surface area (Å²) in [5.74, 6) is 0.461. The largest absolute Gasteiger partial charge is 0.353 e. The Morgan fingerprint density at radius 2 is 2.21 bits per heavy atom. The third-order valence-electron chi connectivity index (χ3n) is 3.38. The molecule has 1 aromatic heterocycles. The molecule has 0 bridgehead atoms. The van der Waals surface area contributed by atoms with Crippen molar-refractivity contribution in [3.05, 3.63) is 18.0 Å². The zero-order chi connectivity index (χ0) is 13.9. The number of hydrogen-bond donors (Lipinski definition) is 1. The van der Waals surface area contributed by atoms with Gasteiger partial charge in [0.2, 0.25) is 11.9 Å². The topological polar surface area (TPSA) is 58.1 Å². The fourth-order valence-corrected chi connectivity index (χ4v) is 2.16. The maximum Gasteiger partial charge on any atom is 0.225 e. The molecule has 6 heteroatoms. The number of anilines is 1. The van der Waals surface area contributed by atoms with Gasteiger partial charge in [0.05, 0.1) is 6.54 Å². The van der Waals surface area contributed by atoms with E-state index in [4.69, 9.17) is 0 Å². The SMILES string of the molecule is CC(=O)NCC1(F)CCN(c2nccc(C)n2)CC1. The van der Waals surface area contributed by atoms with Crippen molar-refractivity contribution < 1.29 is 9.18 Å². The van der Waals surface area contributed by atoms with Crippen LogP contribution in [0.1, 0.15) is 25.5 Å². The zero-order valence-corrected chi connectivity index (χ0v) is 11.3. The molecule has 1 amide bonds. The van der Waals surface area contributed by atoms with E-state index in [1.165, 1.54) is 6.92 Å². The molecular formula is C13H19FN4O. The van der Waals surface area contributed by atoms with Crippen LogP contribution in [0.15, 0.2) is 12.3 Å². The van der Waals surface area contributed by atoms with Crippen molar-refractivity contribution in [3.8, 4) is 0 Å². The van der Waals surface area contributed by atoms with Gasteiger partial charge in [0, 0.05) is 44.7 Å². The van der Waals surface area contributed by atoms with Crippen molar-refractivity contribution in [2.75, 3.05) is 24.5 Å². The third-order valence-corrected chi connectivity index (χ3v) is 3.38. The maximum atomic E-state index is 14.4. The van der Waals surface area contributed by atoms with Crippen molar-refractivity contribution in [1.82, 2.24) is 15.3 Å². The molecule has 0 spiro atoms. The van der Waals surface area contributed by atoms with Gasteiger partial charge in [-0.1, -0.05) is 0 Å². The van der Waals surface area contributed by atoms with Crippen LogP contribution in [-0.2, 0) is 4.79 Å². The number of aromatic nitrogens is 2. The lowest BCUT2D eigenvalue weighted by Crippen LogP contribution is -2.48. The summed E-state index contributed by atoms with van der Waals surface area (Å²) in [6.07, 6.45) is 2.47. The molecule has 5 nitrogen and oxygen atoms in total. The van der Waals surface area contributed by atoms with Gasteiger partial charge in [-0.25, -0.2) is 14.4 Å². The summed E-state index contributed by atoms with van der Waals surface area (Å²) >= 11 is 0. The quantitative estimate of drug-likeness (QED) is 0.894. The monoisotopic (exact) mass is 266 g/mol. The molecule has 1 aromatic rings. The van der Waals surface area contributed by atoms with Crippen LogP contribution in [0.4, 0.5) is 10.3 Å².